The SMILES string of the molecule is CC1(C(N)c2ccc[nH]2)CCCCO1. The van der Waals surface area contributed by atoms with Gasteiger partial charge in [0.05, 0.1) is 11.6 Å². The fraction of sp³-hybridized carbons (Fsp3) is 0.636. The summed E-state index contributed by atoms with van der Waals surface area (Å²) < 4.78 is 5.81. The molecule has 0 bridgehead atoms. The molecule has 2 atom stereocenters. The van der Waals surface area contributed by atoms with Crippen LogP contribution in [-0.4, -0.2) is 17.2 Å². The van der Waals surface area contributed by atoms with Crippen LogP contribution in [0.4, 0.5) is 0 Å². The van der Waals surface area contributed by atoms with Crippen LogP contribution in [0.15, 0.2) is 18.3 Å². The summed E-state index contributed by atoms with van der Waals surface area (Å²) in [5.41, 5.74) is 7.07. The van der Waals surface area contributed by atoms with Gasteiger partial charge in [0, 0.05) is 18.5 Å². The Morgan fingerprint density at radius 2 is 2.43 bits per heavy atom. The van der Waals surface area contributed by atoms with Gasteiger partial charge < -0.3 is 15.5 Å². The van der Waals surface area contributed by atoms with Gasteiger partial charge in [0.2, 0.25) is 0 Å². The topological polar surface area (TPSA) is 51.0 Å². The van der Waals surface area contributed by atoms with Crippen molar-refractivity contribution in [3.8, 4) is 0 Å². The maximum atomic E-state index is 6.19. The van der Waals surface area contributed by atoms with Crippen LogP contribution in [0.2, 0.25) is 0 Å². The quantitative estimate of drug-likeness (QED) is 0.756. The summed E-state index contributed by atoms with van der Waals surface area (Å²) in [5.74, 6) is 0. The Labute approximate surface area is 84.6 Å². The molecule has 1 aromatic heterocycles. The monoisotopic (exact) mass is 194 g/mol. The molecule has 14 heavy (non-hydrogen) atoms. The van der Waals surface area contributed by atoms with Gasteiger partial charge in [0.15, 0.2) is 0 Å². The molecule has 78 valence electrons. The third kappa shape index (κ3) is 1.70. The first kappa shape index (κ1) is 9.74. The number of nitrogens with two attached hydrogens (primary N) is 1. The summed E-state index contributed by atoms with van der Waals surface area (Å²) in [4.78, 5) is 3.15. The highest BCUT2D eigenvalue weighted by Crippen LogP contribution is 2.34. The normalized spacial score (nSPS) is 30.1. The minimum absolute atomic E-state index is 0.0437. The van der Waals surface area contributed by atoms with Crippen molar-refractivity contribution in [1.29, 1.82) is 0 Å². The third-order valence-electron chi connectivity index (χ3n) is 3.11. The number of aromatic nitrogens is 1. The molecule has 2 heterocycles. The Morgan fingerprint density at radius 3 is 3.00 bits per heavy atom. The molecule has 0 aromatic carbocycles. The van der Waals surface area contributed by atoms with Gasteiger partial charge in [-0.25, -0.2) is 0 Å². The number of H-pyrrole nitrogens is 1. The van der Waals surface area contributed by atoms with Crippen molar-refractivity contribution in [3.63, 3.8) is 0 Å². The van der Waals surface area contributed by atoms with Gasteiger partial charge in [0.25, 0.3) is 0 Å². The van der Waals surface area contributed by atoms with Crippen molar-refractivity contribution in [1.82, 2.24) is 4.98 Å². The Bertz CT molecular complexity index is 275. The molecule has 1 fully saturated rings. The summed E-state index contributed by atoms with van der Waals surface area (Å²) in [6.07, 6.45) is 5.33. The van der Waals surface area contributed by atoms with Gasteiger partial charge in [-0.2, -0.15) is 0 Å². The lowest BCUT2D eigenvalue weighted by molar-refractivity contribution is -0.0827. The van der Waals surface area contributed by atoms with E-state index in [2.05, 4.69) is 11.9 Å². The minimum Gasteiger partial charge on any atom is -0.373 e. The van der Waals surface area contributed by atoms with Crippen molar-refractivity contribution in [2.45, 2.75) is 37.8 Å². The van der Waals surface area contributed by atoms with E-state index in [-0.39, 0.29) is 11.6 Å². The van der Waals surface area contributed by atoms with Crippen LogP contribution in [0.1, 0.15) is 37.9 Å². The molecule has 2 rings (SSSR count). The van der Waals surface area contributed by atoms with E-state index in [1.807, 2.05) is 18.3 Å². The first-order chi connectivity index (χ1) is 6.72. The van der Waals surface area contributed by atoms with E-state index in [9.17, 15) is 0 Å². The van der Waals surface area contributed by atoms with Crippen LogP contribution in [0.3, 0.4) is 0 Å². The van der Waals surface area contributed by atoms with E-state index in [4.69, 9.17) is 10.5 Å². The summed E-state index contributed by atoms with van der Waals surface area (Å²) in [6, 6.07) is 3.95. The van der Waals surface area contributed by atoms with E-state index in [0.29, 0.717) is 0 Å². The van der Waals surface area contributed by atoms with Gasteiger partial charge in [-0.3, -0.25) is 0 Å². The van der Waals surface area contributed by atoms with Crippen LogP contribution >= 0.6 is 0 Å². The van der Waals surface area contributed by atoms with E-state index >= 15 is 0 Å². The van der Waals surface area contributed by atoms with Crippen LogP contribution in [0.5, 0.6) is 0 Å². The first-order valence-electron chi connectivity index (χ1n) is 5.25. The number of hydrogen-bond donors (Lipinski definition) is 2. The molecule has 1 aliphatic rings. The molecule has 1 aromatic rings. The number of nitrogens with one attached hydrogen (secondary N) is 1. The lowest BCUT2D eigenvalue weighted by atomic mass is 9.87. The predicted molar refractivity (Wildman–Crippen MR) is 55.9 cm³/mol. The molecule has 3 N–H and O–H groups in total. The zero-order chi connectivity index (χ0) is 10.0. The van der Waals surface area contributed by atoms with Crippen molar-refractivity contribution >= 4 is 0 Å². The zero-order valence-electron chi connectivity index (χ0n) is 8.62. The second-order valence-corrected chi connectivity index (χ2v) is 4.22. The maximum Gasteiger partial charge on any atom is 0.0860 e. The first-order valence-corrected chi connectivity index (χ1v) is 5.25. The molecular formula is C11H18N2O. The molecule has 0 saturated carbocycles. The third-order valence-corrected chi connectivity index (χ3v) is 3.11. The summed E-state index contributed by atoms with van der Waals surface area (Å²) in [6.45, 7) is 2.95. The molecule has 0 amide bonds. The minimum atomic E-state index is -0.191. The predicted octanol–water partition coefficient (Wildman–Crippen LogP) is 1.97. The van der Waals surface area contributed by atoms with E-state index in [1.165, 1.54) is 6.42 Å². The van der Waals surface area contributed by atoms with Gasteiger partial charge >= 0.3 is 0 Å². The Kier molecular flexibility index (Phi) is 2.61. The van der Waals surface area contributed by atoms with Crippen LogP contribution in [0, 0.1) is 0 Å². The van der Waals surface area contributed by atoms with Crippen LogP contribution in [-0.2, 0) is 4.74 Å². The number of rotatable bonds is 2. The van der Waals surface area contributed by atoms with Crippen molar-refractivity contribution in [2.75, 3.05) is 6.61 Å². The van der Waals surface area contributed by atoms with Gasteiger partial charge in [-0.15, -0.1) is 0 Å². The molecule has 0 aliphatic carbocycles. The highest BCUT2D eigenvalue weighted by atomic mass is 16.5. The average molecular weight is 194 g/mol. The van der Waals surface area contributed by atoms with Crippen molar-refractivity contribution < 1.29 is 4.74 Å². The van der Waals surface area contributed by atoms with Crippen molar-refractivity contribution in [2.24, 2.45) is 5.73 Å². The van der Waals surface area contributed by atoms with Gasteiger partial charge in [-0.05, 0) is 38.3 Å². The molecule has 3 heteroatoms. The lowest BCUT2D eigenvalue weighted by Crippen LogP contribution is -2.43. The number of ether oxygens (including phenoxy) is 1. The summed E-state index contributed by atoms with van der Waals surface area (Å²) in [7, 11) is 0. The van der Waals surface area contributed by atoms with Gasteiger partial charge in [0.1, 0.15) is 0 Å². The summed E-state index contributed by atoms with van der Waals surface area (Å²) in [5, 5.41) is 0. The number of aromatic amines is 1. The maximum absolute atomic E-state index is 6.19. The molecule has 3 nitrogen and oxygen atoms in total. The Morgan fingerprint density at radius 1 is 1.57 bits per heavy atom. The van der Waals surface area contributed by atoms with E-state index < -0.39 is 0 Å². The standard InChI is InChI=1S/C11H18N2O/c1-11(6-2-3-8-14-11)10(12)9-5-4-7-13-9/h4-5,7,10,13H,2-3,6,8,12H2,1H3. The largest absolute Gasteiger partial charge is 0.373 e. The highest BCUT2D eigenvalue weighted by Gasteiger charge is 2.35. The molecule has 1 saturated heterocycles. The molecule has 2 unspecified atom stereocenters. The second kappa shape index (κ2) is 3.75. The lowest BCUT2D eigenvalue weighted by Gasteiger charge is -2.38. The fourth-order valence-electron chi connectivity index (χ4n) is 2.07. The molecule has 1 aliphatic heterocycles. The summed E-state index contributed by atoms with van der Waals surface area (Å²) >= 11 is 0. The zero-order valence-corrected chi connectivity index (χ0v) is 8.62. The van der Waals surface area contributed by atoms with E-state index in [1.54, 1.807) is 0 Å². The smallest absolute Gasteiger partial charge is 0.0860 e. The molecule has 0 radical (unpaired) electrons. The van der Waals surface area contributed by atoms with Crippen LogP contribution < -0.4 is 5.73 Å². The average Bonchev–Trinajstić information content (AvgIpc) is 2.70. The highest BCUT2D eigenvalue weighted by molar-refractivity contribution is 5.13. The molecular weight excluding hydrogens is 176 g/mol. The van der Waals surface area contributed by atoms with Crippen molar-refractivity contribution in [3.05, 3.63) is 24.0 Å². The Hall–Kier alpha value is -0.800. The fourth-order valence-corrected chi connectivity index (χ4v) is 2.07. The Balaban J connectivity index is 2.13. The van der Waals surface area contributed by atoms with E-state index in [0.717, 1.165) is 25.1 Å². The van der Waals surface area contributed by atoms with Gasteiger partial charge in [-0.1, -0.05) is 0 Å². The number of hydrogen-bond acceptors (Lipinski definition) is 2. The second-order valence-electron chi connectivity index (χ2n) is 4.22. The molecule has 0 spiro atoms. The van der Waals surface area contributed by atoms with Crippen LogP contribution in [0.25, 0.3) is 0 Å².